The Balaban J connectivity index is 2.14. The number of amides is 1. The minimum atomic E-state index is -0.451. The van der Waals surface area contributed by atoms with Crippen LogP contribution in [0, 0.1) is 5.41 Å². The summed E-state index contributed by atoms with van der Waals surface area (Å²) in [4.78, 5) is 19.9. The van der Waals surface area contributed by atoms with Crippen molar-refractivity contribution in [2.24, 2.45) is 5.41 Å². The number of anilines is 1. The summed E-state index contributed by atoms with van der Waals surface area (Å²) in [5.74, 6) is 0.00591. The molecule has 116 valence electrons. The highest BCUT2D eigenvalue weighted by molar-refractivity contribution is 6.31. The Morgan fingerprint density at radius 3 is 2.48 bits per heavy atom. The topological polar surface area (TPSA) is 32.8 Å². The van der Waals surface area contributed by atoms with Gasteiger partial charge in [0, 0.05) is 23.8 Å². The SMILES string of the molecule is CCN(CC)c1ccc(CN2OCC(C)(C)C2=O)c(Cl)c1. The molecule has 5 heteroatoms. The Morgan fingerprint density at radius 2 is 2.00 bits per heavy atom. The zero-order chi connectivity index (χ0) is 15.6. The van der Waals surface area contributed by atoms with Gasteiger partial charge in [-0.3, -0.25) is 9.63 Å². The Hall–Kier alpha value is -1.26. The summed E-state index contributed by atoms with van der Waals surface area (Å²) in [5, 5.41) is 2.08. The molecule has 0 bridgehead atoms. The van der Waals surface area contributed by atoms with Crippen LogP contribution in [-0.4, -0.2) is 30.7 Å². The van der Waals surface area contributed by atoms with E-state index in [0.29, 0.717) is 18.2 Å². The summed E-state index contributed by atoms with van der Waals surface area (Å²) in [5.41, 5.74) is 1.55. The van der Waals surface area contributed by atoms with Crippen LogP contribution in [0.15, 0.2) is 18.2 Å². The van der Waals surface area contributed by atoms with Crippen molar-refractivity contribution in [3.8, 4) is 0 Å². The van der Waals surface area contributed by atoms with Gasteiger partial charge in [0.25, 0.3) is 5.91 Å². The van der Waals surface area contributed by atoms with Gasteiger partial charge in [-0.2, -0.15) is 0 Å². The first-order valence-electron chi connectivity index (χ1n) is 7.37. The first-order chi connectivity index (χ1) is 9.89. The lowest BCUT2D eigenvalue weighted by Gasteiger charge is -2.22. The van der Waals surface area contributed by atoms with E-state index in [1.165, 1.54) is 5.06 Å². The van der Waals surface area contributed by atoms with Crippen molar-refractivity contribution >= 4 is 23.2 Å². The van der Waals surface area contributed by atoms with Crippen molar-refractivity contribution in [2.45, 2.75) is 34.2 Å². The highest BCUT2D eigenvalue weighted by atomic mass is 35.5. The van der Waals surface area contributed by atoms with Crippen molar-refractivity contribution in [1.82, 2.24) is 5.06 Å². The number of nitrogens with zero attached hydrogens (tertiary/aromatic N) is 2. The van der Waals surface area contributed by atoms with Crippen molar-refractivity contribution in [3.63, 3.8) is 0 Å². The molecule has 1 aromatic carbocycles. The molecule has 0 aromatic heterocycles. The van der Waals surface area contributed by atoms with Crippen molar-refractivity contribution in [3.05, 3.63) is 28.8 Å². The fourth-order valence-corrected chi connectivity index (χ4v) is 2.65. The Bertz CT molecular complexity index is 527. The van der Waals surface area contributed by atoms with Crippen molar-refractivity contribution in [2.75, 3.05) is 24.6 Å². The molecular formula is C16H23ClN2O2. The molecule has 2 rings (SSSR count). The summed E-state index contributed by atoms with van der Waals surface area (Å²) in [6.45, 7) is 10.7. The summed E-state index contributed by atoms with van der Waals surface area (Å²) in [6.07, 6.45) is 0. The minimum absolute atomic E-state index is 0.00591. The standard InChI is InChI=1S/C16H23ClN2O2/c1-5-18(6-2)13-8-7-12(14(17)9-13)10-19-15(20)16(3,4)11-21-19/h7-9H,5-6,10-11H2,1-4H3. The number of benzene rings is 1. The molecule has 0 radical (unpaired) electrons. The van der Waals surface area contributed by atoms with Gasteiger partial charge >= 0.3 is 0 Å². The lowest BCUT2D eigenvalue weighted by molar-refractivity contribution is -0.165. The molecule has 1 aromatic rings. The van der Waals surface area contributed by atoms with Crippen LogP contribution in [0.2, 0.25) is 5.02 Å². The fraction of sp³-hybridized carbons (Fsp3) is 0.562. The molecule has 0 atom stereocenters. The molecule has 1 aliphatic rings. The van der Waals surface area contributed by atoms with E-state index >= 15 is 0 Å². The Morgan fingerprint density at radius 1 is 1.33 bits per heavy atom. The third kappa shape index (κ3) is 3.33. The maximum absolute atomic E-state index is 12.2. The van der Waals surface area contributed by atoms with Gasteiger partial charge in [0.1, 0.15) is 0 Å². The predicted octanol–water partition coefficient (Wildman–Crippen LogP) is 3.49. The Kier molecular flexibility index (Phi) is 4.79. The smallest absolute Gasteiger partial charge is 0.254 e. The monoisotopic (exact) mass is 310 g/mol. The average molecular weight is 311 g/mol. The van der Waals surface area contributed by atoms with Gasteiger partial charge in [-0.25, -0.2) is 5.06 Å². The predicted molar refractivity (Wildman–Crippen MR) is 85.3 cm³/mol. The van der Waals surface area contributed by atoms with Gasteiger partial charge in [-0.15, -0.1) is 0 Å². The van der Waals surface area contributed by atoms with Crippen LogP contribution in [0.1, 0.15) is 33.3 Å². The molecule has 1 amide bonds. The van der Waals surface area contributed by atoms with E-state index < -0.39 is 5.41 Å². The molecule has 1 fully saturated rings. The fourth-order valence-electron chi connectivity index (χ4n) is 2.42. The van der Waals surface area contributed by atoms with Gasteiger partial charge in [0.05, 0.1) is 18.6 Å². The zero-order valence-corrected chi connectivity index (χ0v) is 13.9. The van der Waals surface area contributed by atoms with Gasteiger partial charge in [0.2, 0.25) is 0 Å². The maximum atomic E-state index is 12.2. The van der Waals surface area contributed by atoms with Crippen LogP contribution >= 0.6 is 11.6 Å². The number of halogens is 1. The minimum Gasteiger partial charge on any atom is -0.372 e. The van der Waals surface area contributed by atoms with E-state index in [9.17, 15) is 4.79 Å². The van der Waals surface area contributed by atoms with E-state index in [-0.39, 0.29) is 5.91 Å². The number of hydrogen-bond donors (Lipinski definition) is 0. The van der Waals surface area contributed by atoms with Crippen LogP contribution < -0.4 is 4.90 Å². The first-order valence-corrected chi connectivity index (χ1v) is 7.75. The quantitative estimate of drug-likeness (QED) is 0.834. The second-order valence-corrected chi connectivity index (χ2v) is 6.35. The molecule has 21 heavy (non-hydrogen) atoms. The number of hydrogen-bond acceptors (Lipinski definition) is 3. The summed E-state index contributed by atoms with van der Waals surface area (Å²) in [6, 6.07) is 5.97. The van der Waals surface area contributed by atoms with Gasteiger partial charge in [-0.1, -0.05) is 17.7 Å². The van der Waals surface area contributed by atoms with Crippen LogP contribution in [0.25, 0.3) is 0 Å². The number of carbonyl (C=O) groups is 1. The molecule has 1 saturated heterocycles. The van der Waals surface area contributed by atoms with E-state index in [2.05, 4.69) is 18.7 Å². The molecule has 0 saturated carbocycles. The second-order valence-electron chi connectivity index (χ2n) is 5.95. The molecule has 0 N–H and O–H groups in total. The van der Waals surface area contributed by atoms with Crippen LogP contribution in [-0.2, 0) is 16.2 Å². The molecule has 0 unspecified atom stereocenters. The normalized spacial score (nSPS) is 17.4. The number of rotatable bonds is 5. The molecule has 0 spiro atoms. The van der Waals surface area contributed by atoms with Gasteiger partial charge in [-0.05, 0) is 45.4 Å². The molecule has 1 heterocycles. The summed E-state index contributed by atoms with van der Waals surface area (Å²) in [7, 11) is 0. The third-order valence-electron chi connectivity index (χ3n) is 3.87. The van der Waals surface area contributed by atoms with Crippen molar-refractivity contribution in [1.29, 1.82) is 0 Å². The average Bonchev–Trinajstić information content (AvgIpc) is 2.70. The molecule has 0 aliphatic carbocycles. The summed E-state index contributed by atoms with van der Waals surface area (Å²) < 4.78 is 0. The number of hydroxylamine groups is 2. The largest absolute Gasteiger partial charge is 0.372 e. The van der Waals surface area contributed by atoms with Gasteiger partial charge in [0.15, 0.2) is 0 Å². The molecule has 1 aliphatic heterocycles. The van der Waals surface area contributed by atoms with E-state index in [1.54, 1.807) is 0 Å². The van der Waals surface area contributed by atoms with E-state index in [4.69, 9.17) is 16.4 Å². The van der Waals surface area contributed by atoms with Crippen molar-refractivity contribution < 1.29 is 9.63 Å². The first kappa shape index (κ1) is 16.1. The van der Waals surface area contributed by atoms with E-state index in [0.717, 1.165) is 24.3 Å². The zero-order valence-electron chi connectivity index (χ0n) is 13.1. The lowest BCUT2D eigenvalue weighted by atomic mass is 9.95. The van der Waals surface area contributed by atoms with Crippen LogP contribution in [0.4, 0.5) is 5.69 Å². The Labute approximate surface area is 131 Å². The maximum Gasteiger partial charge on any atom is 0.254 e. The van der Waals surface area contributed by atoms with Gasteiger partial charge < -0.3 is 4.90 Å². The second kappa shape index (κ2) is 6.24. The van der Waals surface area contributed by atoms with E-state index in [1.807, 2.05) is 32.0 Å². The molecule has 4 nitrogen and oxygen atoms in total. The number of carbonyl (C=O) groups excluding carboxylic acids is 1. The lowest BCUT2D eigenvalue weighted by Crippen LogP contribution is -2.30. The third-order valence-corrected chi connectivity index (χ3v) is 4.22. The highest BCUT2D eigenvalue weighted by Crippen LogP contribution is 2.30. The summed E-state index contributed by atoms with van der Waals surface area (Å²) >= 11 is 6.36. The van der Waals surface area contributed by atoms with Crippen LogP contribution in [0.5, 0.6) is 0 Å². The highest BCUT2D eigenvalue weighted by Gasteiger charge is 2.40. The molecular weight excluding hydrogens is 288 g/mol. The van der Waals surface area contributed by atoms with Crippen LogP contribution in [0.3, 0.4) is 0 Å².